The van der Waals surface area contributed by atoms with Gasteiger partial charge in [0.2, 0.25) is 0 Å². The van der Waals surface area contributed by atoms with Crippen LogP contribution in [0.25, 0.3) is 10.8 Å². The third kappa shape index (κ3) is 4.52. The fourth-order valence-corrected chi connectivity index (χ4v) is 2.88. The number of hydrogen-bond donors (Lipinski definition) is 3. The monoisotopic (exact) mass is 395 g/mol. The van der Waals surface area contributed by atoms with Gasteiger partial charge < -0.3 is 5.32 Å². The summed E-state index contributed by atoms with van der Waals surface area (Å²) in [5.41, 5.74) is 6.25. The van der Waals surface area contributed by atoms with Crippen molar-refractivity contribution in [1.29, 1.82) is 0 Å². The normalized spacial score (nSPS) is 10.5. The number of hydrazine groups is 1. The summed E-state index contributed by atoms with van der Waals surface area (Å²) >= 11 is 5.19. The van der Waals surface area contributed by atoms with E-state index < -0.39 is 5.91 Å². The SMILES string of the molecule is CCCn1nc(C(=O)NNC(=S)NCc2ccccc2)c2ccccc2c1=O. The van der Waals surface area contributed by atoms with Gasteiger partial charge in [-0.3, -0.25) is 20.4 Å². The van der Waals surface area contributed by atoms with Crippen LogP contribution in [0, 0.1) is 0 Å². The molecule has 2 aromatic carbocycles. The molecule has 0 bridgehead atoms. The number of benzene rings is 2. The van der Waals surface area contributed by atoms with E-state index in [-0.39, 0.29) is 16.4 Å². The minimum Gasteiger partial charge on any atom is -0.357 e. The van der Waals surface area contributed by atoms with E-state index in [2.05, 4.69) is 21.3 Å². The Balaban J connectivity index is 1.71. The summed E-state index contributed by atoms with van der Waals surface area (Å²) in [5.74, 6) is -0.468. The summed E-state index contributed by atoms with van der Waals surface area (Å²) in [6.07, 6.45) is 0.734. The molecule has 28 heavy (non-hydrogen) atoms. The van der Waals surface area contributed by atoms with Crippen molar-refractivity contribution in [2.45, 2.75) is 26.4 Å². The van der Waals surface area contributed by atoms with Gasteiger partial charge in [0.25, 0.3) is 11.5 Å². The molecule has 0 aliphatic rings. The van der Waals surface area contributed by atoms with Crippen LogP contribution in [0.4, 0.5) is 0 Å². The molecule has 0 saturated carbocycles. The fraction of sp³-hybridized carbons (Fsp3) is 0.200. The second-order valence-electron chi connectivity index (χ2n) is 6.17. The van der Waals surface area contributed by atoms with E-state index in [1.807, 2.05) is 37.3 Å². The minimum atomic E-state index is -0.468. The maximum Gasteiger partial charge on any atom is 0.290 e. The lowest BCUT2D eigenvalue weighted by atomic mass is 10.1. The molecule has 3 rings (SSSR count). The molecule has 8 heteroatoms. The van der Waals surface area contributed by atoms with Crippen LogP contribution in [-0.4, -0.2) is 20.8 Å². The molecule has 144 valence electrons. The van der Waals surface area contributed by atoms with Crippen molar-refractivity contribution in [3.05, 3.63) is 76.2 Å². The molecule has 0 aliphatic heterocycles. The Kier molecular flexibility index (Phi) is 6.33. The lowest BCUT2D eigenvalue weighted by molar-refractivity contribution is 0.0938. The van der Waals surface area contributed by atoms with Crippen LogP contribution in [0.1, 0.15) is 29.4 Å². The Labute approximate surface area is 167 Å². The standard InChI is InChI=1S/C20H21N5O2S/c1-2-12-25-19(27)16-11-7-6-10-15(16)17(24-25)18(26)22-23-20(28)21-13-14-8-4-3-5-9-14/h3-11H,2,12-13H2,1H3,(H,22,26)(H2,21,23,28). The molecule has 1 amide bonds. The van der Waals surface area contributed by atoms with Crippen molar-refractivity contribution >= 4 is 34.0 Å². The molecule has 0 atom stereocenters. The van der Waals surface area contributed by atoms with E-state index >= 15 is 0 Å². The van der Waals surface area contributed by atoms with Gasteiger partial charge in [-0.1, -0.05) is 55.5 Å². The van der Waals surface area contributed by atoms with E-state index in [0.29, 0.717) is 23.9 Å². The first-order valence-corrected chi connectivity index (χ1v) is 9.39. The van der Waals surface area contributed by atoms with Crippen LogP contribution in [0.2, 0.25) is 0 Å². The average molecular weight is 395 g/mol. The maximum atomic E-state index is 12.7. The molecule has 0 unspecified atom stereocenters. The third-order valence-corrected chi connectivity index (χ3v) is 4.35. The summed E-state index contributed by atoms with van der Waals surface area (Å²) in [5, 5.41) is 8.51. The van der Waals surface area contributed by atoms with E-state index in [1.165, 1.54) is 4.68 Å². The number of hydrogen-bond acceptors (Lipinski definition) is 4. The van der Waals surface area contributed by atoms with E-state index in [1.54, 1.807) is 24.3 Å². The Morgan fingerprint density at radius 2 is 1.71 bits per heavy atom. The maximum absolute atomic E-state index is 12.7. The van der Waals surface area contributed by atoms with Gasteiger partial charge in [0, 0.05) is 18.5 Å². The van der Waals surface area contributed by atoms with Crippen molar-refractivity contribution in [3.8, 4) is 0 Å². The average Bonchev–Trinajstić information content (AvgIpc) is 2.73. The summed E-state index contributed by atoms with van der Waals surface area (Å²) < 4.78 is 1.32. The zero-order chi connectivity index (χ0) is 19.9. The van der Waals surface area contributed by atoms with E-state index in [9.17, 15) is 9.59 Å². The number of carbonyl (C=O) groups excluding carboxylic acids is 1. The molecule has 3 aromatic rings. The predicted octanol–water partition coefficient (Wildman–Crippen LogP) is 2.12. The smallest absolute Gasteiger partial charge is 0.290 e. The number of aryl methyl sites for hydroxylation is 1. The molecule has 1 aromatic heterocycles. The van der Waals surface area contributed by atoms with Gasteiger partial charge in [0.1, 0.15) is 0 Å². The van der Waals surface area contributed by atoms with Crippen molar-refractivity contribution in [1.82, 2.24) is 25.9 Å². The largest absolute Gasteiger partial charge is 0.357 e. The highest BCUT2D eigenvalue weighted by molar-refractivity contribution is 7.80. The molecule has 7 nitrogen and oxygen atoms in total. The summed E-state index contributed by atoms with van der Waals surface area (Å²) in [7, 11) is 0. The number of aromatic nitrogens is 2. The van der Waals surface area contributed by atoms with Gasteiger partial charge in [-0.2, -0.15) is 5.10 Å². The van der Waals surface area contributed by atoms with Crippen molar-refractivity contribution < 1.29 is 4.79 Å². The lowest BCUT2D eigenvalue weighted by Gasteiger charge is -2.13. The van der Waals surface area contributed by atoms with Gasteiger partial charge in [0.15, 0.2) is 10.8 Å². The number of carbonyl (C=O) groups is 1. The second-order valence-corrected chi connectivity index (χ2v) is 6.58. The Hall–Kier alpha value is -3.26. The minimum absolute atomic E-state index is 0.169. The first-order chi connectivity index (χ1) is 13.6. The number of nitrogens with one attached hydrogen (secondary N) is 3. The van der Waals surface area contributed by atoms with Crippen LogP contribution < -0.4 is 21.7 Å². The Morgan fingerprint density at radius 3 is 2.43 bits per heavy atom. The van der Waals surface area contributed by atoms with Crippen molar-refractivity contribution in [3.63, 3.8) is 0 Å². The van der Waals surface area contributed by atoms with Gasteiger partial charge in [-0.05, 0) is 30.3 Å². The molecule has 0 saturated heterocycles. The molecule has 0 spiro atoms. The molecule has 3 N–H and O–H groups in total. The van der Waals surface area contributed by atoms with E-state index in [0.717, 1.165) is 12.0 Å². The molecule has 1 heterocycles. The molecule has 0 fully saturated rings. The zero-order valence-electron chi connectivity index (χ0n) is 15.4. The number of amides is 1. The van der Waals surface area contributed by atoms with Crippen molar-refractivity contribution in [2.24, 2.45) is 0 Å². The first-order valence-electron chi connectivity index (χ1n) is 8.98. The Bertz CT molecular complexity index is 1050. The zero-order valence-corrected chi connectivity index (χ0v) is 16.3. The molecule has 0 aliphatic carbocycles. The highest BCUT2D eigenvalue weighted by atomic mass is 32.1. The number of fused-ring (bicyclic) bond motifs is 1. The van der Waals surface area contributed by atoms with Crippen LogP contribution >= 0.6 is 12.2 Å². The highest BCUT2D eigenvalue weighted by Gasteiger charge is 2.16. The summed E-state index contributed by atoms with van der Waals surface area (Å²) in [6.45, 7) is 2.92. The number of nitrogens with zero attached hydrogens (tertiary/aromatic N) is 2. The topological polar surface area (TPSA) is 88.1 Å². The Morgan fingerprint density at radius 1 is 1.04 bits per heavy atom. The highest BCUT2D eigenvalue weighted by Crippen LogP contribution is 2.13. The molecular formula is C20H21N5O2S. The van der Waals surface area contributed by atoms with Gasteiger partial charge in [-0.25, -0.2) is 4.68 Å². The second kappa shape index (κ2) is 9.09. The van der Waals surface area contributed by atoms with Crippen LogP contribution in [-0.2, 0) is 13.1 Å². The summed E-state index contributed by atoms with van der Waals surface area (Å²) in [6, 6.07) is 16.7. The molecular weight excluding hydrogens is 374 g/mol. The van der Waals surface area contributed by atoms with Crippen LogP contribution in [0.5, 0.6) is 0 Å². The van der Waals surface area contributed by atoms with E-state index in [4.69, 9.17) is 12.2 Å². The van der Waals surface area contributed by atoms with Gasteiger partial charge in [0.05, 0.1) is 5.39 Å². The lowest BCUT2D eigenvalue weighted by Crippen LogP contribution is -2.47. The molecule has 0 radical (unpaired) electrons. The predicted molar refractivity (Wildman–Crippen MR) is 113 cm³/mol. The van der Waals surface area contributed by atoms with Gasteiger partial charge >= 0.3 is 0 Å². The number of rotatable bonds is 5. The quantitative estimate of drug-likeness (QED) is 0.453. The fourth-order valence-electron chi connectivity index (χ4n) is 2.76. The van der Waals surface area contributed by atoms with Crippen molar-refractivity contribution in [2.75, 3.05) is 0 Å². The van der Waals surface area contributed by atoms with Gasteiger partial charge in [-0.15, -0.1) is 0 Å². The van der Waals surface area contributed by atoms with Crippen LogP contribution in [0.3, 0.4) is 0 Å². The van der Waals surface area contributed by atoms with Crippen LogP contribution in [0.15, 0.2) is 59.4 Å². The summed E-state index contributed by atoms with van der Waals surface area (Å²) in [4.78, 5) is 25.2. The first kappa shape index (κ1) is 19.5. The third-order valence-electron chi connectivity index (χ3n) is 4.10. The number of thiocarbonyl (C=S) groups is 1.